The first-order chi connectivity index (χ1) is 10.9. The summed E-state index contributed by atoms with van der Waals surface area (Å²) in [6, 6.07) is 9.34. The van der Waals surface area contributed by atoms with E-state index >= 15 is 0 Å². The SMILES string of the molecule is CC(O)(CC(=O)N1CCC2(O)CCCCC2C1)c1ccccc1. The number of hydrogen-bond donors (Lipinski definition) is 2. The Bertz CT molecular complexity index is 557. The van der Waals surface area contributed by atoms with Crippen LogP contribution in [0.5, 0.6) is 0 Å². The molecular weight excluding hydrogens is 290 g/mol. The van der Waals surface area contributed by atoms with E-state index in [0.717, 1.165) is 31.2 Å². The highest BCUT2D eigenvalue weighted by atomic mass is 16.3. The van der Waals surface area contributed by atoms with E-state index in [0.29, 0.717) is 19.5 Å². The molecule has 1 saturated carbocycles. The molecule has 2 fully saturated rings. The van der Waals surface area contributed by atoms with Crippen molar-refractivity contribution in [2.24, 2.45) is 5.92 Å². The van der Waals surface area contributed by atoms with Crippen molar-refractivity contribution in [3.8, 4) is 0 Å². The molecule has 0 aromatic heterocycles. The predicted molar refractivity (Wildman–Crippen MR) is 88.7 cm³/mol. The van der Waals surface area contributed by atoms with Crippen LogP contribution in [0.25, 0.3) is 0 Å². The van der Waals surface area contributed by atoms with E-state index in [2.05, 4.69) is 0 Å². The number of rotatable bonds is 3. The fourth-order valence-corrected chi connectivity index (χ4v) is 4.10. The third kappa shape index (κ3) is 3.43. The first kappa shape index (κ1) is 16.5. The van der Waals surface area contributed by atoms with Gasteiger partial charge < -0.3 is 15.1 Å². The average Bonchev–Trinajstić information content (AvgIpc) is 2.54. The number of carbonyl (C=O) groups is 1. The topological polar surface area (TPSA) is 60.8 Å². The minimum Gasteiger partial charge on any atom is -0.389 e. The van der Waals surface area contributed by atoms with Crippen molar-refractivity contribution in [3.05, 3.63) is 35.9 Å². The van der Waals surface area contributed by atoms with Crippen molar-refractivity contribution in [1.29, 1.82) is 0 Å². The molecule has 3 rings (SSSR count). The molecule has 1 aliphatic heterocycles. The number of fused-ring (bicyclic) bond motifs is 1. The van der Waals surface area contributed by atoms with Gasteiger partial charge in [0.05, 0.1) is 17.6 Å². The third-order valence-electron chi connectivity index (χ3n) is 5.67. The lowest BCUT2D eigenvalue weighted by molar-refractivity contribution is -0.147. The quantitative estimate of drug-likeness (QED) is 0.900. The summed E-state index contributed by atoms with van der Waals surface area (Å²) in [6.45, 7) is 2.91. The molecule has 0 spiro atoms. The molecule has 1 aromatic carbocycles. The van der Waals surface area contributed by atoms with Gasteiger partial charge in [-0.3, -0.25) is 4.79 Å². The molecule has 126 valence electrons. The van der Waals surface area contributed by atoms with Crippen LogP contribution in [0.3, 0.4) is 0 Å². The Kier molecular flexibility index (Phi) is 4.47. The van der Waals surface area contributed by atoms with Gasteiger partial charge in [0.1, 0.15) is 0 Å². The lowest BCUT2D eigenvalue weighted by atomic mass is 9.71. The Balaban J connectivity index is 1.65. The molecule has 1 saturated heterocycles. The Morgan fingerprint density at radius 2 is 2.04 bits per heavy atom. The van der Waals surface area contributed by atoms with Crippen molar-refractivity contribution in [2.75, 3.05) is 13.1 Å². The van der Waals surface area contributed by atoms with E-state index in [4.69, 9.17) is 0 Å². The summed E-state index contributed by atoms with van der Waals surface area (Å²) in [6.07, 6.45) is 4.83. The van der Waals surface area contributed by atoms with Crippen LogP contribution in [0.1, 0.15) is 51.0 Å². The lowest BCUT2D eigenvalue weighted by Crippen LogP contribution is -2.55. The summed E-state index contributed by atoms with van der Waals surface area (Å²) < 4.78 is 0. The summed E-state index contributed by atoms with van der Waals surface area (Å²) in [5, 5.41) is 21.4. The number of aliphatic hydroxyl groups is 2. The number of carbonyl (C=O) groups excluding carboxylic acids is 1. The normalized spacial score (nSPS) is 30.4. The van der Waals surface area contributed by atoms with Crippen LogP contribution in [0, 0.1) is 5.92 Å². The molecule has 1 amide bonds. The highest BCUT2D eigenvalue weighted by molar-refractivity contribution is 5.77. The first-order valence-electron chi connectivity index (χ1n) is 8.69. The number of likely N-dealkylation sites (tertiary alicyclic amines) is 1. The van der Waals surface area contributed by atoms with E-state index in [-0.39, 0.29) is 18.2 Å². The zero-order valence-electron chi connectivity index (χ0n) is 13.9. The summed E-state index contributed by atoms with van der Waals surface area (Å²) in [7, 11) is 0. The Labute approximate surface area is 138 Å². The van der Waals surface area contributed by atoms with E-state index < -0.39 is 11.2 Å². The van der Waals surface area contributed by atoms with Crippen LogP contribution in [0.2, 0.25) is 0 Å². The molecule has 1 aromatic rings. The fourth-order valence-electron chi connectivity index (χ4n) is 4.10. The highest BCUT2D eigenvalue weighted by Gasteiger charge is 2.44. The van der Waals surface area contributed by atoms with Gasteiger partial charge in [-0.15, -0.1) is 0 Å². The monoisotopic (exact) mass is 317 g/mol. The zero-order chi connectivity index (χ0) is 16.5. The molecule has 0 radical (unpaired) electrons. The van der Waals surface area contributed by atoms with Crippen LogP contribution >= 0.6 is 0 Å². The van der Waals surface area contributed by atoms with E-state index in [9.17, 15) is 15.0 Å². The molecule has 2 N–H and O–H groups in total. The molecule has 23 heavy (non-hydrogen) atoms. The van der Waals surface area contributed by atoms with Crippen molar-refractivity contribution in [3.63, 3.8) is 0 Å². The average molecular weight is 317 g/mol. The number of hydrogen-bond acceptors (Lipinski definition) is 3. The number of nitrogens with zero attached hydrogens (tertiary/aromatic N) is 1. The second-order valence-corrected chi connectivity index (χ2v) is 7.45. The van der Waals surface area contributed by atoms with Gasteiger partial charge in [-0.05, 0) is 31.7 Å². The highest BCUT2D eigenvalue weighted by Crippen LogP contribution is 2.40. The van der Waals surface area contributed by atoms with Gasteiger partial charge in [0.25, 0.3) is 0 Å². The lowest BCUT2D eigenvalue weighted by Gasteiger charge is -2.47. The number of piperidine rings is 1. The summed E-state index contributed by atoms with van der Waals surface area (Å²) in [4.78, 5) is 14.5. The molecule has 3 atom stereocenters. The van der Waals surface area contributed by atoms with E-state index in [1.165, 1.54) is 0 Å². The van der Waals surface area contributed by atoms with Crippen LogP contribution in [0.4, 0.5) is 0 Å². The van der Waals surface area contributed by atoms with Crippen LogP contribution in [-0.2, 0) is 10.4 Å². The minimum atomic E-state index is -1.15. The number of amides is 1. The molecule has 4 heteroatoms. The third-order valence-corrected chi connectivity index (χ3v) is 5.67. The predicted octanol–water partition coefficient (Wildman–Crippen LogP) is 2.44. The smallest absolute Gasteiger partial charge is 0.225 e. The van der Waals surface area contributed by atoms with Crippen LogP contribution in [-0.4, -0.2) is 39.7 Å². The maximum absolute atomic E-state index is 12.7. The largest absolute Gasteiger partial charge is 0.389 e. The minimum absolute atomic E-state index is 0.0218. The van der Waals surface area contributed by atoms with Crippen LogP contribution in [0.15, 0.2) is 30.3 Å². The van der Waals surface area contributed by atoms with E-state index in [1.807, 2.05) is 35.2 Å². The van der Waals surface area contributed by atoms with Gasteiger partial charge in [0, 0.05) is 19.0 Å². The van der Waals surface area contributed by atoms with Crippen LogP contribution < -0.4 is 0 Å². The molecular formula is C19H27NO3. The summed E-state index contributed by atoms with van der Waals surface area (Å²) in [5.74, 6) is 0.169. The first-order valence-corrected chi connectivity index (χ1v) is 8.69. The maximum atomic E-state index is 12.7. The molecule has 2 aliphatic rings. The van der Waals surface area contributed by atoms with Crippen molar-refractivity contribution in [1.82, 2.24) is 4.90 Å². The summed E-state index contributed by atoms with van der Waals surface area (Å²) >= 11 is 0. The van der Waals surface area contributed by atoms with Gasteiger partial charge >= 0.3 is 0 Å². The maximum Gasteiger partial charge on any atom is 0.225 e. The Morgan fingerprint density at radius 1 is 1.30 bits per heavy atom. The van der Waals surface area contributed by atoms with Gasteiger partial charge in [-0.25, -0.2) is 0 Å². The second-order valence-electron chi connectivity index (χ2n) is 7.45. The molecule has 1 heterocycles. The molecule has 4 nitrogen and oxygen atoms in total. The van der Waals surface area contributed by atoms with Gasteiger partial charge in [0.15, 0.2) is 0 Å². The van der Waals surface area contributed by atoms with Crippen molar-refractivity contribution < 1.29 is 15.0 Å². The Morgan fingerprint density at radius 3 is 2.78 bits per heavy atom. The van der Waals surface area contributed by atoms with E-state index in [1.54, 1.807) is 6.92 Å². The van der Waals surface area contributed by atoms with Gasteiger partial charge in [-0.1, -0.05) is 43.2 Å². The van der Waals surface area contributed by atoms with Gasteiger partial charge in [-0.2, -0.15) is 0 Å². The Hall–Kier alpha value is -1.39. The standard InChI is InChI=1S/C19H27NO3/c1-18(22,15-7-3-2-4-8-15)13-17(21)20-12-11-19(23)10-6-5-9-16(19)14-20/h2-4,7-8,16,22-23H,5-6,9-14H2,1H3. The molecule has 3 unspecified atom stereocenters. The van der Waals surface area contributed by atoms with Crippen molar-refractivity contribution >= 4 is 5.91 Å². The van der Waals surface area contributed by atoms with Gasteiger partial charge in [0.2, 0.25) is 5.91 Å². The molecule has 1 aliphatic carbocycles. The summed E-state index contributed by atoms with van der Waals surface area (Å²) in [5.41, 5.74) is -0.963. The van der Waals surface area contributed by atoms with Crippen molar-refractivity contribution in [2.45, 2.75) is 56.7 Å². The molecule has 0 bridgehead atoms. The zero-order valence-corrected chi connectivity index (χ0v) is 13.9. The fraction of sp³-hybridized carbons (Fsp3) is 0.632. The second kappa shape index (κ2) is 6.25. The number of benzene rings is 1.